The maximum atomic E-state index is 10.7. The molecule has 8 heteroatoms. The van der Waals surface area contributed by atoms with Crippen molar-refractivity contribution >= 4 is 17.7 Å². The van der Waals surface area contributed by atoms with E-state index in [0.717, 1.165) is 11.8 Å². The predicted octanol–water partition coefficient (Wildman–Crippen LogP) is 1.57. The van der Waals surface area contributed by atoms with Gasteiger partial charge in [0.25, 0.3) is 0 Å². The van der Waals surface area contributed by atoms with Crippen molar-refractivity contribution in [2.45, 2.75) is 25.5 Å². The van der Waals surface area contributed by atoms with Crippen LogP contribution in [-0.4, -0.2) is 41.6 Å². The van der Waals surface area contributed by atoms with Crippen molar-refractivity contribution in [2.24, 2.45) is 5.92 Å². The third-order valence-electron chi connectivity index (χ3n) is 2.38. The summed E-state index contributed by atoms with van der Waals surface area (Å²) in [5, 5.41) is 17.5. The van der Waals surface area contributed by atoms with Crippen LogP contribution in [-0.2, 0) is 11.3 Å². The Bertz CT molecular complexity index is 585. The van der Waals surface area contributed by atoms with Gasteiger partial charge in [0.05, 0.1) is 11.9 Å². The van der Waals surface area contributed by atoms with Crippen LogP contribution in [0.5, 0.6) is 0 Å². The quantitative estimate of drug-likeness (QED) is 0.808. The number of hydrogen-bond acceptors (Lipinski definition) is 6. The van der Waals surface area contributed by atoms with Crippen molar-refractivity contribution in [3.8, 4) is 11.5 Å². The van der Waals surface area contributed by atoms with E-state index < -0.39 is 5.97 Å². The molecule has 2 aromatic heterocycles. The minimum absolute atomic E-state index is 0.0449. The molecule has 2 heterocycles. The van der Waals surface area contributed by atoms with E-state index in [9.17, 15) is 4.79 Å². The van der Waals surface area contributed by atoms with E-state index in [-0.39, 0.29) is 5.75 Å². The van der Waals surface area contributed by atoms with Crippen molar-refractivity contribution < 1.29 is 9.90 Å². The highest BCUT2D eigenvalue weighted by Gasteiger charge is 2.17. The largest absolute Gasteiger partial charge is 0.481 e. The summed E-state index contributed by atoms with van der Waals surface area (Å²) in [7, 11) is 0. The lowest BCUT2D eigenvalue weighted by Crippen LogP contribution is -2.09. The molecule has 0 spiro atoms. The number of carboxylic acid groups (broad SMARTS) is 1. The Kier molecular flexibility index (Phi) is 4.67. The third kappa shape index (κ3) is 3.53. The number of aromatic nitrogens is 5. The lowest BCUT2D eigenvalue weighted by atomic mass is 10.2. The topological polar surface area (TPSA) is 93.8 Å². The monoisotopic (exact) mass is 293 g/mol. The zero-order valence-corrected chi connectivity index (χ0v) is 12.0. The molecular weight excluding hydrogens is 278 g/mol. The summed E-state index contributed by atoms with van der Waals surface area (Å²) in [4.78, 5) is 18.9. The van der Waals surface area contributed by atoms with Crippen LogP contribution in [0.1, 0.15) is 13.8 Å². The van der Waals surface area contributed by atoms with Crippen LogP contribution in [0.4, 0.5) is 0 Å². The van der Waals surface area contributed by atoms with Gasteiger partial charge in [-0.05, 0) is 5.92 Å². The summed E-state index contributed by atoms with van der Waals surface area (Å²) >= 11 is 1.15. The Hall–Kier alpha value is -1.96. The molecule has 0 aliphatic rings. The summed E-state index contributed by atoms with van der Waals surface area (Å²) in [6, 6.07) is 0. The molecule has 0 unspecified atom stereocenters. The molecule has 0 amide bonds. The van der Waals surface area contributed by atoms with E-state index in [1.54, 1.807) is 18.6 Å². The van der Waals surface area contributed by atoms with Crippen LogP contribution in [0.3, 0.4) is 0 Å². The van der Waals surface area contributed by atoms with Gasteiger partial charge in [-0.15, -0.1) is 10.2 Å². The first kappa shape index (κ1) is 14.4. The Balaban J connectivity index is 2.34. The Morgan fingerprint density at radius 1 is 1.40 bits per heavy atom. The molecule has 0 atom stereocenters. The first-order chi connectivity index (χ1) is 9.58. The standard InChI is InChI=1S/C12H15N5O2S/c1-8(2)6-17-11(9-5-13-3-4-14-9)15-16-12(17)20-7-10(18)19/h3-5,8H,6-7H2,1-2H3,(H,18,19). The van der Waals surface area contributed by atoms with Gasteiger partial charge >= 0.3 is 5.97 Å². The van der Waals surface area contributed by atoms with Gasteiger partial charge in [0.1, 0.15) is 5.69 Å². The van der Waals surface area contributed by atoms with Crippen LogP contribution in [0.15, 0.2) is 23.7 Å². The molecule has 0 saturated heterocycles. The Morgan fingerprint density at radius 3 is 2.80 bits per heavy atom. The fourth-order valence-corrected chi connectivity index (χ4v) is 2.32. The van der Waals surface area contributed by atoms with Crippen LogP contribution in [0, 0.1) is 5.92 Å². The number of aliphatic carboxylic acids is 1. The molecule has 0 fully saturated rings. The maximum absolute atomic E-state index is 10.7. The van der Waals surface area contributed by atoms with Crippen molar-refractivity contribution in [1.82, 2.24) is 24.7 Å². The smallest absolute Gasteiger partial charge is 0.313 e. The average Bonchev–Trinajstić information content (AvgIpc) is 2.79. The molecule has 2 aromatic rings. The van der Waals surface area contributed by atoms with Crippen molar-refractivity contribution in [3.63, 3.8) is 0 Å². The normalized spacial score (nSPS) is 10.9. The zero-order chi connectivity index (χ0) is 14.5. The summed E-state index contributed by atoms with van der Waals surface area (Å²) in [6.45, 7) is 4.85. The molecular formula is C12H15N5O2S. The molecule has 2 rings (SSSR count). The van der Waals surface area contributed by atoms with Gasteiger partial charge in [0.15, 0.2) is 11.0 Å². The second-order valence-corrected chi connectivity index (χ2v) is 5.53. The van der Waals surface area contributed by atoms with Crippen LogP contribution in [0.25, 0.3) is 11.5 Å². The van der Waals surface area contributed by atoms with E-state index in [1.807, 2.05) is 4.57 Å². The first-order valence-corrected chi connectivity index (χ1v) is 7.10. The van der Waals surface area contributed by atoms with E-state index in [2.05, 4.69) is 34.0 Å². The summed E-state index contributed by atoms with van der Waals surface area (Å²) in [5.41, 5.74) is 0.628. The molecule has 0 aliphatic carbocycles. The molecule has 0 bridgehead atoms. The van der Waals surface area contributed by atoms with Crippen molar-refractivity contribution in [2.75, 3.05) is 5.75 Å². The van der Waals surface area contributed by atoms with Gasteiger partial charge in [0, 0.05) is 18.9 Å². The maximum Gasteiger partial charge on any atom is 0.313 e. The minimum atomic E-state index is -0.879. The fraction of sp³-hybridized carbons (Fsp3) is 0.417. The number of hydrogen-bond donors (Lipinski definition) is 1. The number of carbonyl (C=O) groups is 1. The van der Waals surface area contributed by atoms with Gasteiger partial charge in [-0.3, -0.25) is 9.78 Å². The van der Waals surface area contributed by atoms with Crippen molar-refractivity contribution in [3.05, 3.63) is 18.6 Å². The lowest BCUT2D eigenvalue weighted by Gasteiger charge is -2.11. The Labute approximate surface area is 120 Å². The van der Waals surface area contributed by atoms with Gasteiger partial charge in [-0.25, -0.2) is 4.98 Å². The fourth-order valence-electron chi connectivity index (χ4n) is 1.66. The van der Waals surface area contributed by atoms with E-state index >= 15 is 0 Å². The average molecular weight is 293 g/mol. The number of carboxylic acids is 1. The van der Waals surface area contributed by atoms with Gasteiger partial charge in [-0.1, -0.05) is 25.6 Å². The molecule has 20 heavy (non-hydrogen) atoms. The molecule has 1 N–H and O–H groups in total. The molecule has 106 valence electrons. The van der Waals surface area contributed by atoms with Gasteiger partial charge < -0.3 is 9.67 Å². The van der Waals surface area contributed by atoms with Gasteiger partial charge in [0.2, 0.25) is 0 Å². The minimum Gasteiger partial charge on any atom is -0.481 e. The first-order valence-electron chi connectivity index (χ1n) is 6.12. The number of thioether (sulfide) groups is 1. The predicted molar refractivity (Wildman–Crippen MR) is 74.2 cm³/mol. The van der Waals surface area contributed by atoms with Crippen LogP contribution in [0.2, 0.25) is 0 Å². The summed E-state index contributed by atoms with van der Waals surface area (Å²) < 4.78 is 1.89. The van der Waals surface area contributed by atoms with Crippen LogP contribution >= 0.6 is 11.8 Å². The van der Waals surface area contributed by atoms with Gasteiger partial charge in [-0.2, -0.15) is 0 Å². The number of rotatable bonds is 6. The highest BCUT2D eigenvalue weighted by molar-refractivity contribution is 7.99. The van der Waals surface area contributed by atoms with E-state index in [0.29, 0.717) is 29.1 Å². The molecule has 0 saturated carbocycles. The highest BCUT2D eigenvalue weighted by atomic mass is 32.2. The highest BCUT2D eigenvalue weighted by Crippen LogP contribution is 2.23. The molecule has 0 aromatic carbocycles. The molecule has 0 aliphatic heterocycles. The lowest BCUT2D eigenvalue weighted by molar-refractivity contribution is -0.133. The summed E-state index contributed by atoms with van der Waals surface area (Å²) in [6.07, 6.45) is 4.80. The molecule has 0 radical (unpaired) electrons. The second-order valence-electron chi connectivity index (χ2n) is 4.58. The van der Waals surface area contributed by atoms with E-state index in [4.69, 9.17) is 5.11 Å². The third-order valence-corrected chi connectivity index (χ3v) is 3.33. The Morgan fingerprint density at radius 2 is 2.20 bits per heavy atom. The SMILES string of the molecule is CC(C)Cn1c(SCC(=O)O)nnc1-c1cnccn1. The second kappa shape index (κ2) is 6.47. The van der Waals surface area contributed by atoms with Crippen molar-refractivity contribution in [1.29, 1.82) is 0 Å². The summed E-state index contributed by atoms with van der Waals surface area (Å²) in [5.74, 6) is 0.0666. The number of nitrogens with zero attached hydrogens (tertiary/aromatic N) is 5. The molecule has 7 nitrogen and oxygen atoms in total. The van der Waals surface area contributed by atoms with E-state index in [1.165, 1.54) is 0 Å². The zero-order valence-electron chi connectivity index (χ0n) is 11.2. The van der Waals surface area contributed by atoms with Crippen LogP contribution < -0.4 is 0 Å².